The molecule has 2 atom stereocenters. The fourth-order valence-corrected chi connectivity index (χ4v) is 2.37. The minimum atomic E-state index is 0.187. The number of hydrogen-bond donors (Lipinski definition) is 0. The minimum absolute atomic E-state index is 0.187. The van der Waals surface area contributed by atoms with E-state index in [1.54, 1.807) is 0 Å². The molecule has 14 heavy (non-hydrogen) atoms. The van der Waals surface area contributed by atoms with Crippen molar-refractivity contribution in [1.29, 1.82) is 0 Å². The van der Waals surface area contributed by atoms with Crippen molar-refractivity contribution in [1.82, 2.24) is 0 Å². The van der Waals surface area contributed by atoms with E-state index in [2.05, 4.69) is 6.58 Å². The van der Waals surface area contributed by atoms with E-state index in [-0.39, 0.29) is 5.92 Å². The van der Waals surface area contributed by atoms with E-state index >= 15 is 0 Å². The molecule has 0 heterocycles. The van der Waals surface area contributed by atoms with E-state index in [4.69, 9.17) is 11.6 Å². The Balaban J connectivity index is 2.49. The van der Waals surface area contributed by atoms with Crippen LogP contribution in [0.2, 0.25) is 0 Å². The number of carbonyl (C=O) groups is 1. The van der Waals surface area contributed by atoms with Crippen molar-refractivity contribution in [3.8, 4) is 0 Å². The number of allylic oxidation sites excluding steroid dienone is 1. The van der Waals surface area contributed by atoms with E-state index in [1.165, 1.54) is 5.57 Å². The standard InChI is InChI=1S/C12H19ClO/c1-9(5-4-8-13)11-6-3-7-12(14)10(11)2/h10-11H,1,3-8H2,2H3. The van der Waals surface area contributed by atoms with Crippen molar-refractivity contribution in [3.63, 3.8) is 0 Å². The quantitative estimate of drug-likeness (QED) is 0.517. The first-order valence-electron chi connectivity index (χ1n) is 5.43. The van der Waals surface area contributed by atoms with Crippen molar-refractivity contribution < 1.29 is 4.79 Å². The second kappa shape index (κ2) is 5.55. The summed E-state index contributed by atoms with van der Waals surface area (Å²) in [5, 5.41) is 0. The van der Waals surface area contributed by atoms with Crippen LogP contribution in [-0.4, -0.2) is 11.7 Å². The van der Waals surface area contributed by atoms with Crippen molar-refractivity contribution in [3.05, 3.63) is 12.2 Å². The molecule has 0 bridgehead atoms. The molecule has 0 amide bonds. The molecule has 2 unspecified atom stereocenters. The van der Waals surface area contributed by atoms with Gasteiger partial charge in [-0.15, -0.1) is 11.6 Å². The van der Waals surface area contributed by atoms with Crippen LogP contribution in [0.25, 0.3) is 0 Å². The van der Waals surface area contributed by atoms with Gasteiger partial charge in [0.15, 0.2) is 0 Å². The van der Waals surface area contributed by atoms with Gasteiger partial charge in [-0.3, -0.25) is 4.79 Å². The van der Waals surface area contributed by atoms with Gasteiger partial charge < -0.3 is 0 Å². The molecule has 1 fully saturated rings. The molecule has 0 radical (unpaired) electrons. The average molecular weight is 215 g/mol. The number of halogens is 1. The fraction of sp³-hybridized carbons (Fsp3) is 0.750. The van der Waals surface area contributed by atoms with Gasteiger partial charge in [-0.25, -0.2) is 0 Å². The van der Waals surface area contributed by atoms with Crippen molar-refractivity contribution >= 4 is 17.4 Å². The predicted molar refractivity (Wildman–Crippen MR) is 60.6 cm³/mol. The molecule has 1 nitrogen and oxygen atoms in total. The van der Waals surface area contributed by atoms with Gasteiger partial charge in [0.25, 0.3) is 0 Å². The van der Waals surface area contributed by atoms with Crippen LogP contribution in [-0.2, 0) is 4.79 Å². The smallest absolute Gasteiger partial charge is 0.136 e. The molecule has 0 aliphatic heterocycles. The fourth-order valence-electron chi connectivity index (χ4n) is 2.24. The second-order valence-electron chi connectivity index (χ2n) is 4.20. The third-order valence-electron chi connectivity index (χ3n) is 3.21. The molecular formula is C12H19ClO. The summed E-state index contributed by atoms with van der Waals surface area (Å²) >= 11 is 5.64. The lowest BCUT2D eigenvalue weighted by Crippen LogP contribution is -2.27. The normalized spacial score (nSPS) is 27.7. The van der Waals surface area contributed by atoms with Gasteiger partial charge in [-0.05, 0) is 31.6 Å². The summed E-state index contributed by atoms with van der Waals surface area (Å²) < 4.78 is 0. The average Bonchev–Trinajstić information content (AvgIpc) is 2.18. The van der Waals surface area contributed by atoms with Crippen LogP contribution in [0.5, 0.6) is 0 Å². The molecule has 2 heteroatoms. The molecule has 80 valence electrons. The van der Waals surface area contributed by atoms with Gasteiger partial charge >= 0.3 is 0 Å². The molecule has 0 aromatic rings. The van der Waals surface area contributed by atoms with Crippen molar-refractivity contribution in [2.75, 3.05) is 5.88 Å². The summed E-state index contributed by atoms with van der Waals surface area (Å²) in [4.78, 5) is 11.5. The number of ketones is 1. The Bertz CT molecular complexity index is 222. The van der Waals surface area contributed by atoms with Crippen molar-refractivity contribution in [2.24, 2.45) is 11.8 Å². The second-order valence-corrected chi connectivity index (χ2v) is 4.58. The first-order chi connectivity index (χ1) is 6.66. The Morgan fingerprint density at radius 1 is 1.64 bits per heavy atom. The van der Waals surface area contributed by atoms with Gasteiger partial charge in [0.1, 0.15) is 5.78 Å². The maximum absolute atomic E-state index is 11.5. The molecule has 0 aromatic heterocycles. The maximum Gasteiger partial charge on any atom is 0.136 e. The molecule has 1 aliphatic rings. The third kappa shape index (κ3) is 2.84. The number of Topliss-reactive ketones (excluding diaryl/α,β-unsaturated/α-hetero) is 1. The number of alkyl halides is 1. The molecule has 1 aliphatic carbocycles. The van der Waals surface area contributed by atoms with E-state index < -0.39 is 0 Å². The van der Waals surface area contributed by atoms with E-state index in [1.807, 2.05) is 6.92 Å². The Morgan fingerprint density at radius 2 is 2.36 bits per heavy atom. The molecule has 0 N–H and O–H groups in total. The SMILES string of the molecule is C=C(CCCCl)C1CCCC(=O)C1C. The highest BCUT2D eigenvalue weighted by molar-refractivity contribution is 6.17. The summed E-state index contributed by atoms with van der Waals surface area (Å²) in [5.41, 5.74) is 1.23. The molecule has 0 aromatic carbocycles. The first kappa shape index (κ1) is 11.8. The lowest BCUT2D eigenvalue weighted by Gasteiger charge is -2.29. The van der Waals surface area contributed by atoms with Crippen LogP contribution in [0, 0.1) is 11.8 Å². The monoisotopic (exact) mass is 214 g/mol. The highest BCUT2D eigenvalue weighted by Gasteiger charge is 2.29. The number of rotatable bonds is 4. The van der Waals surface area contributed by atoms with E-state index in [0.717, 1.165) is 32.1 Å². The van der Waals surface area contributed by atoms with Crippen LogP contribution in [0.3, 0.4) is 0 Å². The Morgan fingerprint density at radius 3 is 3.00 bits per heavy atom. The summed E-state index contributed by atoms with van der Waals surface area (Å²) in [5.74, 6) is 1.70. The van der Waals surface area contributed by atoms with Gasteiger partial charge in [0, 0.05) is 18.2 Å². The number of carbonyl (C=O) groups excluding carboxylic acids is 1. The third-order valence-corrected chi connectivity index (χ3v) is 3.47. The number of hydrogen-bond acceptors (Lipinski definition) is 1. The van der Waals surface area contributed by atoms with Gasteiger partial charge in [0.2, 0.25) is 0 Å². The summed E-state index contributed by atoms with van der Waals surface area (Å²) in [7, 11) is 0. The largest absolute Gasteiger partial charge is 0.299 e. The van der Waals surface area contributed by atoms with Crippen LogP contribution in [0.4, 0.5) is 0 Å². The summed E-state index contributed by atoms with van der Waals surface area (Å²) in [6, 6.07) is 0. The van der Waals surface area contributed by atoms with E-state index in [9.17, 15) is 4.79 Å². The zero-order valence-electron chi connectivity index (χ0n) is 8.89. The van der Waals surface area contributed by atoms with Crippen LogP contribution in [0.1, 0.15) is 39.0 Å². The Labute approximate surface area is 91.5 Å². The lowest BCUT2D eigenvalue weighted by molar-refractivity contribution is -0.125. The van der Waals surface area contributed by atoms with Gasteiger partial charge in [-0.2, -0.15) is 0 Å². The van der Waals surface area contributed by atoms with Crippen LogP contribution in [0.15, 0.2) is 12.2 Å². The van der Waals surface area contributed by atoms with E-state index in [0.29, 0.717) is 17.6 Å². The molecule has 0 spiro atoms. The van der Waals surface area contributed by atoms with Crippen molar-refractivity contribution in [2.45, 2.75) is 39.0 Å². The predicted octanol–water partition coefficient (Wildman–Crippen LogP) is 3.57. The topological polar surface area (TPSA) is 17.1 Å². The van der Waals surface area contributed by atoms with Crippen LogP contribution < -0.4 is 0 Å². The van der Waals surface area contributed by atoms with Gasteiger partial charge in [-0.1, -0.05) is 19.1 Å². The highest BCUT2D eigenvalue weighted by atomic mass is 35.5. The molecule has 1 saturated carbocycles. The van der Waals surface area contributed by atoms with Crippen LogP contribution >= 0.6 is 11.6 Å². The Kier molecular flexibility index (Phi) is 4.67. The summed E-state index contributed by atoms with van der Waals surface area (Å²) in [6.45, 7) is 6.13. The lowest BCUT2D eigenvalue weighted by atomic mass is 9.75. The minimum Gasteiger partial charge on any atom is -0.299 e. The maximum atomic E-state index is 11.5. The first-order valence-corrected chi connectivity index (χ1v) is 5.96. The summed E-state index contributed by atoms with van der Waals surface area (Å²) in [6.07, 6.45) is 4.89. The molecule has 1 rings (SSSR count). The zero-order chi connectivity index (χ0) is 10.6. The molecule has 0 saturated heterocycles. The zero-order valence-corrected chi connectivity index (χ0v) is 9.65. The molecular weight excluding hydrogens is 196 g/mol. The highest BCUT2D eigenvalue weighted by Crippen LogP contribution is 2.33. The van der Waals surface area contributed by atoms with Gasteiger partial charge in [0.05, 0.1) is 0 Å². The Hall–Kier alpha value is -0.300.